The highest BCUT2D eigenvalue weighted by Gasteiger charge is 2.41. The van der Waals surface area contributed by atoms with Crippen LogP contribution in [0.3, 0.4) is 0 Å². The lowest BCUT2D eigenvalue weighted by Crippen LogP contribution is -2.38. The van der Waals surface area contributed by atoms with Crippen LogP contribution in [0.15, 0.2) is 60.7 Å². The van der Waals surface area contributed by atoms with Gasteiger partial charge in [-0.1, -0.05) is 60.7 Å². The molecule has 3 rings (SSSR count). The molecule has 1 aliphatic rings. The smallest absolute Gasteiger partial charge is 0.231 e. The summed E-state index contributed by atoms with van der Waals surface area (Å²) in [5.41, 5.74) is 2.24. The molecule has 3 heteroatoms. The van der Waals surface area contributed by atoms with E-state index >= 15 is 0 Å². The summed E-state index contributed by atoms with van der Waals surface area (Å²) in [4.78, 5) is 11.2. The Morgan fingerprint density at radius 1 is 0.889 bits per heavy atom. The summed E-state index contributed by atoms with van der Waals surface area (Å²) in [6.45, 7) is 0. The first-order valence-corrected chi connectivity index (χ1v) is 6.86. The van der Waals surface area contributed by atoms with E-state index in [1.807, 2.05) is 36.4 Å². The SMILES string of the molecule is O=C1CSC(c2ccccc2)(c2ccccc2)N1. The number of nitrogens with one attached hydrogen (secondary N) is 1. The first-order valence-electron chi connectivity index (χ1n) is 5.87. The second kappa shape index (κ2) is 4.50. The predicted molar refractivity (Wildman–Crippen MR) is 74.3 cm³/mol. The number of carbonyl (C=O) groups is 1. The number of thioether (sulfide) groups is 1. The normalized spacial score (nSPS) is 17.4. The number of rotatable bonds is 2. The second-order valence-electron chi connectivity index (χ2n) is 4.25. The summed E-state index contributed by atoms with van der Waals surface area (Å²) < 4.78 is 0. The molecule has 2 nitrogen and oxygen atoms in total. The van der Waals surface area contributed by atoms with Gasteiger partial charge in [-0.25, -0.2) is 0 Å². The molecule has 90 valence electrons. The quantitative estimate of drug-likeness (QED) is 0.894. The number of benzene rings is 2. The van der Waals surface area contributed by atoms with Gasteiger partial charge in [0.25, 0.3) is 0 Å². The van der Waals surface area contributed by atoms with Crippen LogP contribution in [0.2, 0.25) is 0 Å². The van der Waals surface area contributed by atoms with Crippen molar-refractivity contribution in [3.05, 3.63) is 71.8 Å². The van der Waals surface area contributed by atoms with E-state index in [1.165, 1.54) is 0 Å². The third-order valence-corrected chi connectivity index (χ3v) is 4.51. The van der Waals surface area contributed by atoms with Crippen LogP contribution in [0, 0.1) is 0 Å². The molecule has 0 unspecified atom stereocenters. The molecular weight excluding hydrogens is 242 g/mol. The van der Waals surface area contributed by atoms with Gasteiger partial charge >= 0.3 is 0 Å². The third kappa shape index (κ3) is 1.81. The Morgan fingerprint density at radius 2 is 1.39 bits per heavy atom. The molecule has 1 amide bonds. The minimum absolute atomic E-state index is 0.0905. The molecule has 2 aromatic carbocycles. The van der Waals surface area contributed by atoms with Crippen LogP contribution in [0.25, 0.3) is 0 Å². The highest BCUT2D eigenvalue weighted by atomic mass is 32.2. The predicted octanol–water partition coefficient (Wildman–Crippen LogP) is 2.75. The molecule has 1 aliphatic heterocycles. The van der Waals surface area contributed by atoms with Crippen molar-refractivity contribution >= 4 is 17.7 Å². The van der Waals surface area contributed by atoms with Crippen LogP contribution in [-0.2, 0) is 9.67 Å². The van der Waals surface area contributed by atoms with Crippen molar-refractivity contribution < 1.29 is 4.79 Å². The molecule has 18 heavy (non-hydrogen) atoms. The number of carbonyl (C=O) groups excluding carboxylic acids is 1. The fourth-order valence-corrected chi connectivity index (χ4v) is 3.48. The average molecular weight is 255 g/mol. The topological polar surface area (TPSA) is 29.1 Å². The molecule has 0 aliphatic carbocycles. The summed E-state index contributed by atoms with van der Waals surface area (Å²) in [6, 6.07) is 20.2. The lowest BCUT2D eigenvalue weighted by Gasteiger charge is -2.29. The standard InChI is InChI=1S/C15H13NOS/c17-14-11-18-15(16-14,12-7-3-1-4-8-12)13-9-5-2-6-10-13/h1-10H,11H2,(H,16,17). The maximum absolute atomic E-state index is 11.7. The molecule has 1 fully saturated rings. The van der Waals surface area contributed by atoms with Gasteiger partial charge in [0.1, 0.15) is 4.87 Å². The summed E-state index contributed by atoms with van der Waals surface area (Å²) in [5.74, 6) is 0.594. The molecule has 0 radical (unpaired) electrons. The van der Waals surface area contributed by atoms with Crippen LogP contribution >= 0.6 is 11.8 Å². The molecule has 1 N–H and O–H groups in total. The van der Waals surface area contributed by atoms with Crippen LogP contribution in [0.1, 0.15) is 11.1 Å². The fraction of sp³-hybridized carbons (Fsp3) is 0.133. The zero-order valence-corrected chi connectivity index (χ0v) is 10.6. The Balaban J connectivity index is 2.14. The van der Waals surface area contributed by atoms with Crippen LogP contribution < -0.4 is 5.32 Å². The van der Waals surface area contributed by atoms with Gasteiger partial charge in [0.2, 0.25) is 5.91 Å². The van der Waals surface area contributed by atoms with Crippen molar-refractivity contribution in [2.45, 2.75) is 4.87 Å². The Hall–Kier alpha value is -1.74. The van der Waals surface area contributed by atoms with Gasteiger partial charge in [-0.15, -0.1) is 11.8 Å². The monoisotopic (exact) mass is 255 g/mol. The van der Waals surface area contributed by atoms with Crippen molar-refractivity contribution in [3.63, 3.8) is 0 Å². The lowest BCUT2D eigenvalue weighted by atomic mass is 9.98. The van der Waals surface area contributed by atoms with Gasteiger partial charge in [-0.2, -0.15) is 0 Å². The second-order valence-corrected chi connectivity index (χ2v) is 5.44. The Kier molecular flexibility index (Phi) is 2.84. The van der Waals surface area contributed by atoms with Gasteiger partial charge in [-0.3, -0.25) is 4.79 Å². The molecule has 1 saturated heterocycles. The average Bonchev–Trinajstić information content (AvgIpc) is 2.84. The van der Waals surface area contributed by atoms with E-state index in [4.69, 9.17) is 0 Å². The molecule has 0 aromatic heterocycles. The van der Waals surface area contributed by atoms with Gasteiger partial charge in [0.15, 0.2) is 0 Å². The molecule has 0 saturated carbocycles. The number of hydrogen-bond donors (Lipinski definition) is 1. The Labute approximate surface area is 110 Å². The van der Waals surface area contributed by atoms with Crippen molar-refractivity contribution in [1.82, 2.24) is 5.32 Å². The van der Waals surface area contributed by atoms with E-state index in [-0.39, 0.29) is 5.91 Å². The highest BCUT2D eigenvalue weighted by Crippen LogP contribution is 2.43. The zero-order valence-electron chi connectivity index (χ0n) is 9.80. The highest BCUT2D eigenvalue weighted by molar-refractivity contribution is 8.01. The molecule has 1 heterocycles. The van der Waals surface area contributed by atoms with Crippen molar-refractivity contribution in [2.75, 3.05) is 5.75 Å². The van der Waals surface area contributed by atoms with Crippen LogP contribution in [0.4, 0.5) is 0 Å². The first-order chi connectivity index (χ1) is 8.81. The van der Waals surface area contributed by atoms with Crippen molar-refractivity contribution in [3.8, 4) is 0 Å². The van der Waals surface area contributed by atoms with Crippen LogP contribution in [0.5, 0.6) is 0 Å². The summed E-state index contributed by atoms with van der Waals surface area (Å²) in [7, 11) is 0. The van der Waals surface area contributed by atoms with Crippen LogP contribution in [-0.4, -0.2) is 11.7 Å². The van der Waals surface area contributed by atoms with Gasteiger partial charge in [-0.05, 0) is 11.1 Å². The maximum atomic E-state index is 11.7. The van der Waals surface area contributed by atoms with Gasteiger partial charge in [0, 0.05) is 0 Å². The molecule has 2 aromatic rings. The maximum Gasteiger partial charge on any atom is 0.231 e. The largest absolute Gasteiger partial charge is 0.333 e. The number of amides is 1. The van der Waals surface area contributed by atoms with E-state index in [0.29, 0.717) is 5.75 Å². The van der Waals surface area contributed by atoms with E-state index in [1.54, 1.807) is 11.8 Å². The van der Waals surface area contributed by atoms with E-state index < -0.39 is 4.87 Å². The van der Waals surface area contributed by atoms with E-state index in [0.717, 1.165) is 11.1 Å². The zero-order chi connectivity index (χ0) is 12.4. The minimum atomic E-state index is -0.431. The van der Waals surface area contributed by atoms with E-state index in [2.05, 4.69) is 29.6 Å². The third-order valence-electron chi connectivity index (χ3n) is 3.10. The molecule has 0 spiro atoms. The Bertz CT molecular complexity index is 514. The van der Waals surface area contributed by atoms with Crippen molar-refractivity contribution in [1.29, 1.82) is 0 Å². The summed E-state index contributed by atoms with van der Waals surface area (Å²) in [5, 5.41) is 3.12. The summed E-state index contributed by atoms with van der Waals surface area (Å²) in [6.07, 6.45) is 0. The molecular formula is C15H13NOS. The van der Waals surface area contributed by atoms with Crippen molar-refractivity contribution in [2.24, 2.45) is 0 Å². The Morgan fingerprint density at radius 3 is 1.78 bits per heavy atom. The lowest BCUT2D eigenvalue weighted by molar-refractivity contribution is -0.118. The van der Waals surface area contributed by atoms with E-state index in [9.17, 15) is 4.79 Å². The number of hydrogen-bond acceptors (Lipinski definition) is 2. The first kappa shape index (κ1) is 11.4. The molecule has 0 atom stereocenters. The summed E-state index contributed by atoms with van der Waals surface area (Å²) >= 11 is 1.64. The van der Waals surface area contributed by atoms with Gasteiger partial charge in [0.05, 0.1) is 5.75 Å². The molecule has 0 bridgehead atoms. The minimum Gasteiger partial charge on any atom is -0.333 e. The fourth-order valence-electron chi connectivity index (χ4n) is 2.27. The van der Waals surface area contributed by atoms with Gasteiger partial charge < -0.3 is 5.32 Å².